The first kappa shape index (κ1) is 36.6. The van der Waals surface area contributed by atoms with E-state index >= 15 is 0 Å². The zero-order valence-corrected chi connectivity index (χ0v) is 32.4. The molecule has 0 saturated carbocycles. The van der Waals surface area contributed by atoms with Gasteiger partial charge in [0.1, 0.15) is 5.75 Å². The lowest BCUT2D eigenvalue weighted by atomic mass is 9.87. The standard InChI is InChI=1S/C38H63NO3Si2/c1-14-28(2)21-17-15-18-22-30-25-29(3)34(40-27-30)33-35(41-43(10,11)37(4,5)6)32(31-23-19-16-20-24-31)26-39-36(33)42-44(12,13)38(7,8)9/h16,19-20,22-24,26,28-29,34H,14-15,17-18,21,25,27H2,1-13H3/b30-22-/t28-,29+,34+/m0/s1. The average molecular weight is 638 g/mol. The van der Waals surface area contributed by atoms with Crippen molar-refractivity contribution in [3.05, 3.63) is 53.7 Å². The van der Waals surface area contributed by atoms with E-state index in [0.717, 1.165) is 41.2 Å². The van der Waals surface area contributed by atoms with Gasteiger partial charge in [-0.25, -0.2) is 4.98 Å². The van der Waals surface area contributed by atoms with Crippen molar-refractivity contribution in [3.8, 4) is 22.8 Å². The number of pyridine rings is 1. The van der Waals surface area contributed by atoms with E-state index in [1.54, 1.807) is 0 Å². The van der Waals surface area contributed by atoms with Gasteiger partial charge in [0.2, 0.25) is 5.88 Å². The summed E-state index contributed by atoms with van der Waals surface area (Å²) in [6, 6.07) is 10.5. The molecule has 4 nitrogen and oxygen atoms in total. The molecule has 3 rings (SSSR count). The highest BCUT2D eigenvalue weighted by Gasteiger charge is 2.44. The summed E-state index contributed by atoms with van der Waals surface area (Å²) in [7, 11) is -4.44. The Bertz CT molecular complexity index is 1240. The van der Waals surface area contributed by atoms with Crippen molar-refractivity contribution >= 4 is 16.6 Å². The van der Waals surface area contributed by atoms with Crippen molar-refractivity contribution in [2.45, 2.75) is 143 Å². The van der Waals surface area contributed by atoms with Gasteiger partial charge in [-0.05, 0) is 78.5 Å². The maximum absolute atomic E-state index is 7.31. The second-order valence-corrected chi connectivity index (χ2v) is 25.8. The molecule has 1 fully saturated rings. The van der Waals surface area contributed by atoms with Crippen LogP contribution in [0.5, 0.6) is 11.6 Å². The first-order valence-electron chi connectivity index (χ1n) is 17.1. The molecule has 1 aliphatic rings. The summed E-state index contributed by atoms with van der Waals surface area (Å²) in [5.74, 6) is 2.69. The smallest absolute Gasteiger partial charge is 0.252 e. The van der Waals surface area contributed by atoms with Crippen LogP contribution in [0.1, 0.15) is 113 Å². The fourth-order valence-electron chi connectivity index (χ4n) is 5.16. The van der Waals surface area contributed by atoms with Crippen LogP contribution in [0.25, 0.3) is 11.1 Å². The lowest BCUT2D eigenvalue weighted by Gasteiger charge is -2.41. The van der Waals surface area contributed by atoms with Gasteiger partial charge in [0.05, 0.1) is 18.3 Å². The normalized spacial score (nSPS) is 20.1. The molecule has 1 aliphatic heterocycles. The largest absolute Gasteiger partial charge is 0.543 e. The molecule has 2 heterocycles. The van der Waals surface area contributed by atoms with E-state index in [0.29, 0.717) is 12.5 Å². The van der Waals surface area contributed by atoms with Crippen LogP contribution in [-0.2, 0) is 4.74 Å². The van der Waals surface area contributed by atoms with E-state index in [9.17, 15) is 0 Å². The molecule has 0 aliphatic carbocycles. The van der Waals surface area contributed by atoms with Crippen LogP contribution in [0, 0.1) is 11.8 Å². The topological polar surface area (TPSA) is 40.6 Å². The highest BCUT2D eigenvalue weighted by atomic mass is 28.4. The molecule has 1 aromatic carbocycles. The van der Waals surface area contributed by atoms with Crippen LogP contribution in [0.2, 0.25) is 36.3 Å². The predicted octanol–water partition coefficient (Wildman–Crippen LogP) is 12.1. The van der Waals surface area contributed by atoms with Crippen molar-refractivity contribution in [2.24, 2.45) is 11.8 Å². The fraction of sp³-hybridized carbons (Fsp3) is 0.658. The van der Waals surface area contributed by atoms with E-state index in [-0.39, 0.29) is 22.1 Å². The third-order valence-corrected chi connectivity index (χ3v) is 19.2. The summed E-state index contributed by atoms with van der Waals surface area (Å²) in [6.45, 7) is 30.6. The number of hydrogen-bond donors (Lipinski definition) is 0. The van der Waals surface area contributed by atoms with Gasteiger partial charge in [-0.1, -0.05) is 118 Å². The summed E-state index contributed by atoms with van der Waals surface area (Å²) in [6.07, 6.45) is 11.6. The average Bonchev–Trinajstić information content (AvgIpc) is 2.92. The maximum Gasteiger partial charge on any atom is 0.252 e. The number of nitrogens with zero attached hydrogens (tertiary/aromatic N) is 1. The molecule has 1 saturated heterocycles. The zero-order valence-electron chi connectivity index (χ0n) is 30.4. The minimum absolute atomic E-state index is 0.0335. The highest BCUT2D eigenvalue weighted by molar-refractivity contribution is 6.75. The van der Waals surface area contributed by atoms with Gasteiger partial charge in [-0.2, -0.15) is 0 Å². The Morgan fingerprint density at radius 1 is 0.955 bits per heavy atom. The molecule has 0 bridgehead atoms. The molecule has 0 unspecified atom stereocenters. The van der Waals surface area contributed by atoms with Gasteiger partial charge in [0.25, 0.3) is 16.6 Å². The van der Waals surface area contributed by atoms with E-state index < -0.39 is 16.6 Å². The summed E-state index contributed by atoms with van der Waals surface area (Å²) in [5.41, 5.74) is 4.55. The van der Waals surface area contributed by atoms with Crippen molar-refractivity contribution in [1.82, 2.24) is 4.98 Å². The van der Waals surface area contributed by atoms with Crippen LogP contribution >= 0.6 is 0 Å². The second-order valence-electron chi connectivity index (χ2n) is 16.4. The Morgan fingerprint density at radius 3 is 2.14 bits per heavy atom. The quantitative estimate of drug-likeness (QED) is 0.132. The molecule has 246 valence electrons. The number of aromatic nitrogens is 1. The molecule has 1 aromatic heterocycles. The minimum Gasteiger partial charge on any atom is -0.543 e. The van der Waals surface area contributed by atoms with Crippen molar-refractivity contribution in [3.63, 3.8) is 0 Å². The predicted molar refractivity (Wildman–Crippen MR) is 194 cm³/mol. The fourth-order valence-corrected chi connectivity index (χ4v) is 7.15. The Kier molecular flexibility index (Phi) is 12.2. The Hall–Kier alpha value is -1.90. The van der Waals surface area contributed by atoms with Crippen molar-refractivity contribution in [2.75, 3.05) is 6.61 Å². The van der Waals surface area contributed by atoms with Crippen LogP contribution in [-0.4, -0.2) is 28.2 Å². The number of hydrogen-bond acceptors (Lipinski definition) is 4. The van der Waals surface area contributed by atoms with Crippen LogP contribution < -0.4 is 8.85 Å². The van der Waals surface area contributed by atoms with Gasteiger partial charge < -0.3 is 13.6 Å². The number of rotatable bonds is 12. The molecule has 0 spiro atoms. The van der Waals surface area contributed by atoms with Gasteiger partial charge in [-0.3, -0.25) is 0 Å². The zero-order chi connectivity index (χ0) is 32.9. The SMILES string of the molecule is CC[C@H](C)CCCC/C=C1\CO[C@@H](c2c(O[Si](C)(C)C(C)(C)C)ncc(-c3ccccc3)c2O[Si](C)(C)C(C)(C)C)[C@H](C)C1. The molecule has 6 heteroatoms. The van der Waals surface area contributed by atoms with E-state index in [1.165, 1.54) is 31.3 Å². The number of ether oxygens (including phenoxy) is 1. The van der Waals surface area contributed by atoms with Crippen molar-refractivity contribution in [1.29, 1.82) is 0 Å². The van der Waals surface area contributed by atoms with Crippen LogP contribution in [0.15, 0.2) is 48.2 Å². The molecule has 2 aromatic rings. The molecular weight excluding hydrogens is 575 g/mol. The van der Waals surface area contributed by atoms with Crippen LogP contribution in [0.3, 0.4) is 0 Å². The van der Waals surface area contributed by atoms with Gasteiger partial charge in [-0.15, -0.1) is 0 Å². The lowest BCUT2D eigenvalue weighted by molar-refractivity contribution is 0.00220. The molecular formula is C38H63NO3Si2. The maximum atomic E-state index is 7.31. The van der Waals surface area contributed by atoms with Gasteiger partial charge in [0, 0.05) is 11.8 Å². The van der Waals surface area contributed by atoms with Crippen molar-refractivity contribution < 1.29 is 13.6 Å². The summed E-state index contributed by atoms with van der Waals surface area (Å²) < 4.78 is 21.2. The summed E-state index contributed by atoms with van der Waals surface area (Å²) in [4.78, 5) is 5.08. The van der Waals surface area contributed by atoms with Gasteiger partial charge >= 0.3 is 0 Å². The van der Waals surface area contributed by atoms with Crippen LogP contribution in [0.4, 0.5) is 0 Å². The van der Waals surface area contributed by atoms with E-state index in [1.807, 2.05) is 6.20 Å². The molecule has 3 atom stereocenters. The third kappa shape index (κ3) is 9.10. The third-order valence-electron chi connectivity index (χ3n) is 10.6. The molecule has 0 radical (unpaired) electrons. The lowest BCUT2D eigenvalue weighted by Crippen LogP contribution is -2.45. The first-order chi connectivity index (χ1) is 20.4. The molecule has 44 heavy (non-hydrogen) atoms. The highest BCUT2D eigenvalue weighted by Crippen LogP contribution is 2.51. The summed E-state index contributed by atoms with van der Waals surface area (Å²) in [5, 5.41) is 0.0696. The minimum atomic E-state index is -2.23. The second kappa shape index (κ2) is 14.7. The molecule has 0 amide bonds. The molecule has 0 N–H and O–H groups in total. The van der Waals surface area contributed by atoms with Gasteiger partial charge in [0.15, 0.2) is 0 Å². The monoisotopic (exact) mass is 637 g/mol. The van der Waals surface area contributed by atoms with E-state index in [4.69, 9.17) is 18.6 Å². The number of allylic oxidation sites excluding steroid dienone is 1. The first-order valence-corrected chi connectivity index (χ1v) is 23.0. The Labute approximate surface area is 272 Å². The van der Waals surface area contributed by atoms with E-state index in [2.05, 4.69) is 125 Å². The summed E-state index contributed by atoms with van der Waals surface area (Å²) >= 11 is 0. The Morgan fingerprint density at radius 2 is 1.57 bits per heavy atom. The number of benzene rings is 1. The number of unbranched alkanes of at least 4 members (excludes halogenated alkanes) is 2. The Balaban J connectivity index is 2.09.